The van der Waals surface area contributed by atoms with Crippen LogP contribution in [-0.4, -0.2) is 77.2 Å². The van der Waals surface area contributed by atoms with Gasteiger partial charge in [-0.05, 0) is 61.7 Å². The van der Waals surface area contributed by atoms with E-state index in [1.54, 1.807) is 39.3 Å². The summed E-state index contributed by atoms with van der Waals surface area (Å²) in [6.45, 7) is 10.4. The van der Waals surface area contributed by atoms with Gasteiger partial charge in [0, 0.05) is 0 Å². The van der Waals surface area contributed by atoms with E-state index >= 15 is 0 Å². The normalized spacial score (nSPS) is 12.3. The van der Waals surface area contributed by atoms with Crippen LogP contribution >= 0.6 is 12.4 Å². The molecule has 0 saturated carbocycles. The molecule has 17 heteroatoms. The highest BCUT2D eigenvalue weighted by atomic mass is 35.5. The molecule has 284 valence electrons. The molecule has 16 nitrogen and oxygen atoms in total. The number of nitrogens with zero attached hydrogens (tertiary/aromatic N) is 7. The summed E-state index contributed by atoms with van der Waals surface area (Å²) in [6.07, 6.45) is -0.560. The molecule has 0 aliphatic carbocycles. The van der Waals surface area contributed by atoms with Gasteiger partial charge in [0.15, 0.2) is 11.6 Å². The molecule has 0 saturated heterocycles. The largest absolute Gasteiger partial charge is 0.444 e. The summed E-state index contributed by atoms with van der Waals surface area (Å²) >= 11 is 0. The van der Waals surface area contributed by atoms with E-state index in [2.05, 4.69) is 46.8 Å². The van der Waals surface area contributed by atoms with Crippen molar-refractivity contribution in [2.45, 2.75) is 77.6 Å². The number of carbonyl (C=O) groups excluding carboxylic acids is 2. The number of hydrogen-bond acceptors (Lipinski definition) is 12. The smallest absolute Gasteiger partial charge is 0.408 e. The van der Waals surface area contributed by atoms with Gasteiger partial charge in [-0.25, -0.2) is 9.48 Å². The van der Waals surface area contributed by atoms with E-state index in [0.29, 0.717) is 31.4 Å². The van der Waals surface area contributed by atoms with Crippen molar-refractivity contribution in [3.05, 3.63) is 119 Å². The summed E-state index contributed by atoms with van der Waals surface area (Å²) in [6, 6.07) is 28.3. The van der Waals surface area contributed by atoms with Crippen molar-refractivity contribution in [3.63, 3.8) is 0 Å². The van der Waals surface area contributed by atoms with Crippen LogP contribution in [0.1, 0.15) is 75.0 Å². The van der Waals surface area contributed by atoms with Crippen LogP contribution in [0.15, 0.2) is 91.0 Å². The maximum Gasteiger partial charge on any atom is 0.408 e. The molecule has 5 aromatic rings. The van der Waals surface area contributed by atoms with E-state index in [-0.39, 0.29) is 31.5 Å². The molecule has 0 aliphatic rings. The summed E-state index contributed by atoms with van der Waals surface area (Å²) in [5.74, 6) is 0.545. The quantitative estimate of drug-likeness (QED) is 0.119. The van der Waals surface area contributed by atoms with E-state index < -0.39 is 29.3 Å². The lowest BCUT2D eigenvalue weighted by molar-refractivity contribution is -0.126. The van der Waals surface area contributed by atoms with E-state index in [1.165, 1.54) is 0 Å². The Hall–Kier alpha value is -5.29. The molecule has 2 aromatic heterocycles. The number of benzene rings is 3. The molecule has 0 bridgehead atoms. The Morgan fingerprint density at radius 1 is 0.774 bits per heavy atom. The van der Waals surface area contributed by atoms with Crippen LogP contribution in [0.2, 0.25) is 0 Å². The molecular formula is C36H48ClN11O5. The van der Waals surface area contributed by atoms with Crippen LogP contribution in [0, 0.1) is 0 Å². The highest BCUT2D eigenvalue weighted by Gasteiger charge is 2.28. The van der Waals surface area contributed by atoms with Crippen LogP contribution in [0.4, 0.5) is 4.79 Å². The van der Waals surface area contributed by atoms with Crippen molar-refractivity contribution in [2.24, 2.45) is 5.73 Å². The average molecular weight is 750 g/mol. The lowest BCUT2D eigenvalue weighted by Crippen LogP contribution is -2.51. The number of alkyl carbamates (subject to hydrolysis) is 1. The van der Waals surface area contributed by atoms with Crippen molar-refractivity contribution in [3.8, 4) is 0 Å². The second-order valence-corrected chi connectivity index (χ2v) is 13.4. The molecular weight excluding hydrogens is 702 g/mol. The van der Waals surface area contributed by atoms with Crippen molar-refractivity contribution >= 4 is 24.4 Å². The molecule has 0 fully saturated rings. The molecule has 0 radical (unpaired) electrons. The SMILES string of the molecule is CC(C)(C)OC(=O)N[C@H](COCc1ccccc1)c1nn[nH]n1.CC(C)(N)C(=O)N[C@H](COCc1ccccc1)c1nnnn1Cc1ccccc1.Cl. The highest BCUT2D eigenvalue weighted by Crippen LogP contribution is 2.15. The number of tetrazole rings is 2. The zero-order valence-electron chi connectivity index (χ0n) is 30.5. The van der Waals surface area contributed by atoms with Gasteiger partial charge in [0.05, 0.1) is 38.5 Å². The summed E-state index contributed by atoms with van der Waals surface area (Å²) in [5, 5.41) is 31.3. The third kappa shape index (κ3) is 15.1. The van der Waals surface area contributed by atoms with Crippen LogP contribution in [0.5, 0.6) is 0 Å². The second kappa shape index (κ2) is 20.7. The van der Waals surface area contributed by atoms with Gasteiger partial charge < -0.3 is 30.6 Å². The maximum atomic E-state index is 12.5. The Morgan fingerprint density at radius 3 is 1.79 bits per heavy atom. The minimum atomic E-state index is -1.03. The van der Waals surface area contributed by atoms with E-state index in [9.17, 15) is 9.59 Å². The first-order valence-corrected chi connectivity index (χ1v) is 16.7. The lowest BCUT2D eigenvalue weighted by atomic mass is 10.1. The Morgan fingerprint density at radius 2 is 1.30 bits per heavy atom. The second-order valence-electron chi connectivity index (χ2n) is 13.4. The maximum absolute atomic E-state index is 12.5. The summed E-state index contributed by atoms with van der Waals surface area (Å²) in [5.41, 5.74) is 7.46. The summed E-state index contributed by atoms with van der Waals surface area (Å²) in [4.78, 5) is 24.4. The number of H-pyrrole nitrogens is 1. The zero-order valence-corrected chi connectivity index (χ0v) is 31.3. The monoisotopic (exact) mass is 749 g/mol. The molecule has 0 aliphatic heterocycles. The average Bonchev–Trinajstić information content (AvgIpc) is 3.81. The van der Waals surface area contributed by atoms with Gasteiger partial charge in [0.25, 0.3) is 0 Å². The number of ether oxygens (including phenoxy) is 3. The Labute approximate surface area is 315 Å². The Kier molecular flexibility index (Phi) is 16.4. The molecule has 0 spiro atoms. The number of carbonyl (C=O) groups is 2. The number of aromatic amines is 1. The van der Waals surface area contributed by atoms with E-state index in [4.69, 9.17) is 19.9 Å². The minimum absolute atomic E-state index is 0. The number of amides is 2. The van der Waals surface area contributed by atoms with E-state index in [1.807, 2.05) is 91.0 Å². The number of hydrogen-bond donors (Lipinski definition) is 4. The number of halogens is 1. The van der Waals surface area contributed by atoms with Crippen LogP contribution in [-0.2, 0) is 38.8 Å². The van der Waals surface area contributed by atoms with Gasteiger partial charge >= 0.3 is 6.09 Å². The third-order valence-electron chi connectivity index (χ3n) is 7.09. The van der Waals surface area contributed by atoms with Crippen molar-refractivity contribution < 1.29 is 23.8 Å². The molecule has 5 rings (SSSR count). The predicted molar refractivity (Wildman–Crippen MR) is 198 cm³/mol. The van der Waals surface area contributed by atoms with Crippen molar-refractivity contribution in [2.75, 3.05) is 13.2 Å². The molecule has 2 heterocycles. The molecule has 5 N–H and O–H groups in total. The van der Waals surface area contributed by atoms with Crippen LogP contribution < -0.4 is 16.4 Å². The number of nitrogens with one attached hydrogen (secondary N) is 3. The van der Waals surface area contributed by atoms with Crippen molar-refractivity contribution in [1.29, 1.82) is 0 Å². The molecule has 3 aromatic carbocycles. The standard InChI is InChI=1S/C21H26N6O2.C15H21N5O3.ClH/c1-21(2,22)20(28)23-18(15-29-14-17-11-7-4-8-12-17)19-24-25-26-27(19)13-16-9-5-3-6-10-16;1-15(2,3)23-14(21)16-12(13-17-19-20-18-13)10-22-9-11-7-5-4-6-8-11;/h3-12,18H,13-15,22H2,1-2H3,(H,23,28);4-8,12H,9-10H2,1-3H3,(H,16,21)(H,17,18,19,20);1H/t18-;12-;/m11./s1. The predicted octanol–water partition coefficient (Wildman–Crippen LogP) is 4.24. The lowest BCUT2D eigenvalue weighted by Gasteiger charge is -2.23. The Balaban J connectivity index is 0.000000288. The fourth-order valence-corrected chi connectivity index (χ4v) is 4.54. The fraction of sp³-hybridized carbons (Fsp3) is 0.389. The topological polar surface area (TPSA) is 210 Å². The zero-order chi connectivity index (χ0) is 37.4. The van der Waals surface area contributed by atoms with E-state index in [0.717, 1.165) is 16.7 Å². The van der Waals surface area contributed by atoms with Gasteiger partial charge in [0.2, 0.25) is 5.91 Å². The van der Waals surface area contributed by atoms with Crippen LogP contribution in [0.25, 0.3) is 0 Å². The van der Waals surface area contributed by atoms with Gasteiger partial charge in [-0.2, -0.15) is 5.21 Å². The third-order valence-corrected chi connectivity index (χ3v) is 7.09. The minimum Gasteiger partial charge on any atom is -0.444 e. The first kappa shape index (κ1) is 42.1. The molecule has 53 heavy (non-hydrogen) atoms. The number of nitrogens with two attached hydrogens (primary N) is 1. The molecule has 2 atom stereocenters. The molecule has 0 unspecified atom stereocenters. The van der Waals surface area contributed by atoms with Gasteiger partial charge in [0.1, 0.15) is 17.7 Å². The van der Waals surface area contributed by atoms with Crippen molar-refractivity contribution in [1.82, 2.24) is 51.5 Å². The first-order valence-electron chi connectivity index (χ1n) is 16.7. The van der Waals surface area contributed by atoms with Gasteiger partial charge in [-0.3, -0.25) is 4.79 Å². The van der Waals surface area contributed by atoms with Crippen LogP contribution in [0.3, 0.4) is 0 Å². The number of rotatable bonds is 15. The van der Waals surface area contributed by atoms with Gasteiger partial charge in [-0.1, -0.05) is 96.2 Å². The number of aromatic nitrogens is 8. The van der Waals surface area contributed by atoms with Gasteiger partial charge in [-0.15, -0.1) is 27.7 Å². The summed E-state index contributed by atoms with van der Waals surface area (Å²) in [7, 11) is 0. The Bertz CT molecular complexity index is 1770. The molecule has 2 amide bonds. The highest BCUT2D eigenvalue weighted by molar-refractivity contribution is 5.85. The fourth-order valence-electron chi connectivity index (χ4n) is 4.54. The summed E-state index contributed by atoms with van der Waals surface area (Å²) < 4.78 is 18.4. The first-order chi connectivity index (χ1) is 24.9.